The van der Waals surface area contributed by atoms with Gasteiger partial charge in [0.05, 0.1) is 11.7 Å². The van der Waals surface area contributed by atoms with Crippen molar-refractivity contribution < 1.29 is 9.84 Å². The monoisotopic (exact) mass is 276 g/mol. The van der Waals surface area contributed by atoms with Crippen molar-refractivity contribution in [1.82, 2.24) is 9.38 Å². The van der Waals surface area contributed by atoms with E-state index in [2.05, 4.69) is 11.6 Å². The minimum Gasteiger partial charge on any atom is -0.508 e. The summed E-state index contributed by atoms with van der Waals surface area (Å²) in [5.41, 5.74) is 3.34. The molecule has 1 N–H and O–H groups in total. The summed E-state index contributed by atoms with van der Waals surface area (Å²) in [6, 6.07) is 8.93. The second kappa shape index (κ2) is 4.24. The first-order valence-corrected chi connectivity index (χ1v) is 6.56. The molecule has 0 atom stereocenters. The zero-order valence-corrected chi connectivity index (χ0v) is 11.2. The van der Waals surface area contributed by atoms with Gasteiger partial charge >= 0.3 is 0 Å². The highest BCUT2D eigenvalue weighted by atomic mass is 16.5. The third-order valence-corrected chi connectivity index (χ3v) is 3.50. The van der Waals surface area contributed by atoms with Gasteiger partial charge in [-0.3, -0.25) is 0 Å². The van der Waals surface area contributed by atoms with Crippen LogP contribution in [-0.2, 0) is 0 Å². The van der Waals surface area contributed by atoms with Gasteiger partial charge in [0.2, 0.25) is 0 Å². The number of phenolic OH excluding ortho intramolecular Hbond substituents is 1. The average molecular weight is 276 g/mol. The standard InChI is InChI=1S/C17H12N2O2/c1-11-7-17(21-16-5-4-13(20)8-14(11)16)15-10-19-6-2-3-12(19)9-18-15/h2-10,20H,1H2. The number of hydrogen-bond donors (Lipinski definition) is 1. The lowest BCUT2D eigenvalue weighted by atomic mass is 10.0. The molecule has 0 radical (unpaired) electrons. The van der Waals surface area contributed by atoms with E-state index in [0.717, 1.165) is 22.3 Å². The first kappa shape index (κ1) is 11.8. The highest BCUT2D eigenvalue weighted by Gasteiger charge is 2.18. The lowest BCUT2D eigenvalue weighted by molar-refractivity contribution is 0.469. The fourth-order valence-corrected chi connectivity index (χ4v) is 2.43. The number of aromatic hydroxyl groups is 1. The van der Waals surface area contributed by atoms with Gasteiger partial charge in [0.25, 0.3) is 0 Å². The van der Waals surface area contributed by atoms with E-state index in [4.69, 9.17) is 4.74 Å². The number of nitrogens with zero attached hydrogens (tertiary/aromatic N) is 2. The summed E-state index contributed by atoms with van der Waals surface area (Å²) < 4.78 is 7.87. The molecule has 4 rings (SSSR count). The maximum absolute atomic E-state index is 9.55. The molecule has 1 aliphatic rings. The number of fused-ring (bicyclic) bond motifs is 2. The molecule has 4 nitrogen and oxygen atoms in total. The van der Waals surface area contributed by atoms with E-state index in [1.807, 2.05) is 35.0 Å². The lowest BCUT2D eigenvalue weighted by Gasteiger charge is -2.19. The van der Waals surface area contributed by atoms with Crippen molar-refractivity contribution in [3.05, 3.63) is 72.8 Å². The number of allylic oxidation sites excluding steroid dienone is 2. The molecule has 1 aromatic carbocycles. The second-order valence-electron chi connectivity index (χ2n) is 4.93. The van der Waals surface area contributed by atoms with Crippen LogP contribution in [0.4, 0.5) is 0 Å². The minimum absolute atomic E-state index is 0.197. The smallest absolute Gasteiger partial charge is 0.155 e. The number of ether oxygens (including phenoxy) is 1. The van der Waals surface area contributed by atoms with Gasteiger partial charge in [-0.15, -0.1) is 0 Å². The lowest BCUT2D eigenvalue weighted by Crippen LogP contribution is -2.05. The Morgan fingerprint density at radius 2 is 2.14 bits per heavy atom. The van der Waals surface area contributed by atoms with Crippen LogP contribution in [0.25, 0.3) is 16.8 Å². The van der Waals surface area contributed by atoms with Crippen LogP contribution < -0.4 is 4.74 Å². The van der Waals surface area contributed by atoms with Crippen LogP contribution >= 0.6 is 0 Å². The Morgan fingerprint density at radius 1 is 1.24 bits per heavy atom. The molecule has 0 fully saturated rings. The Labute approximate surface area is 121 Å². The molecule has 4 heteroatoms. The van der Waals surface area contributed by atoms with Crippen molar-refractivity contribution in [1.29, 1.82) is 0 Å². The van der Waals surface area contributed by atoms with Crippen molar-refractivity contribution >= 4 is 16.8 Å². The van der Waals surface area contributed by atoms with Crippen LogP contribution in [0.2, 0.25) is 0 Å². The molecule has 2 aromatic heterocycles. The van der Waals surface area contributed by atoms with E-state index in [1.165, 1.54) is 0 Å². The molecule has 0 unspecified atom stereocenters. The van der Waals surface area contributed by atoms with Gasteiger partial charge in [-0.25, -0.2) is 4.98 Å². The summed E-state index contributed by atoms with van der Waals surface area (Å²) in [4.78, 5) is 4.42. The first-order valence-electron chi connectivity index (χ1n) is 6.56. The van der Waals surface area contributed by atoms with Gasteiger partial charge in [0, 0.05) is 18.0 Å². The van der Waals surface area contributed by atoms with Crippen molar-refractivity contribution in [2.24, 2.45) is 0 Å². The molecule has 0 amide bonds. The number of aromatic nitrogens is 2. The minimum atomic E-state index is 0.197. The predicted octanol–water partition coefficient (Wildman–Crippen LogP) is 3.49. The normalized spacial score (nSPS) is 13.7. The average Bonchev–Trinajstić information content (AvgIpc) is 2.95. The van der Waals surface area contributed by atoms with Crippen LogP contribution in [0.15, 0.2) is 61.6 Å². The van der Waals surface area contributed by atoms with Gasteiger partial charge in [-0.2, -0.15) is 0 Å². The van der Waals surface area contributed by atoms with Crippen LogP contribution in [0.1, 0.15) is 11.3 Å². The number of phenols is 1. The predicted molar refractivity (Wildman–Crippen MR) is 80.9 cm³/mol. The van der Waals surface area contributed by atoms with Crippen molar-refractivity contribution in [3.63, 3.8) is 0 Å². The van der Waals surface area contributed by atoms with Gasteiger partial charge in [-0.1, -0.05) is 6.58 Å². The molecule has 0 aliphatic carbocycles. The Balaban J connectivity index is 1.80. The van der Waals surface area contributed by atoms with Gasteiger partial charge in [-0.05, 0) is 42.0 Å². The van der Waals surface area contributed by atoms with E-state index in [-0.39, 0.29) is 5.75 Å². The summed E-state index contributed by atoms with van der Waals surface area (Å²) in [6.45, 7) is 4.02. The SMILES string of the molecule is C=C1C=C(c2cn3cccc3cn2)Oc2ccc(O)cc21. The molecular formula is C17H12N2O2. The van der Waals surface area contributed by atoms with Gasteiger partial charge < -0.3 is 14.2 Å². The fraction of sp³-hybridized carbons (Fsp3) is 0. The maximum atomic E-state index is 9.55. The van der Waals surface area contributed by atoms with E-state index in [9.17, 15) is 5.11 Å². The Kier molecular flexibility index (Phi) is 2.38. The summed E-state index contributed by atoms with van der Waals surface area (Å²) in [7, 11) is 0. The summed E-state index contributed by atoms with van der Waals surface area (Å²) >= 11 is 0. The zero-order chi connectivity index (χ0) is 14.4. The zero-order valence-electron chi connectivity index (χ0n) is 11.2. The van der Waals surface area contributed by atoms with Crippen molar-refractivity contribution in [3.8, 4) is 11.5 Å². The number of benzene rings is 1. The fourth-order valence-electron chi connectivity index (χ4n) is 2.43. The third-order valence-electron chi connectivity index (χ3n) is 3.50. The van der Waals surface area contributed by atoms with Crippen LogP contribution in [0.3, 0.4) is 0 Å². The van der Waals surface area contributed by atoms with E-state index in [0.29, 0.717) is 11.5 Å². The second-order valence-corrected chi connectivity index (χ2v) is 4.93. The summed E-state index contributed by atoms with van der Waals surface area (Å²) in [5, 5.41) is 9.55. The third kappa shape index (κ3) is 1.89. The first-order chi connectivity index (χ1) is 10.2. The highest BCUT2D eigenvalue weighted by molar-refractivity contribution is 5.86. The quantitative estimate of drug-likeness (QED) is 0.740. The van der Waals surface area contributed by atoms with E-state index >= 15 is 0 Å². The van der Waals surface area contributed by atoms with Crippen LogP contribution in [-0.4, -0.2) is 14.5 Å². The number of rotatable bonds is 1. The largest absolute Gasteiger partial charge is 0.508 e. The molecule has 0 bridgehead atoms. The summed E-state index contributed by atoms with van der Waals surface area (Å²) in [6.07, 6.45) is 7.51. The highest BCUT2D eigenvalue weighted by Crippen LogP contribution is 2.37. The van der Waals surface area contributed by atoms with Crippen LogP contribution in [0, 0.1) is 0 Å². The molecule has 102 valence electrons. The molecule has 3 heterocycles. The van der Waals surface area contributed by atoms with Gasteiger partial charge in [0.1, 0.15) is 17.2 Å². The van der Waals surface area contributed by atoms with Gasteiger partial charge in [0.15, 0.2) is 5.76 Å². The molecule has 3 aromatic rings. The van der Waals surface area contributed by atoms with Crippen molar-refractivity contribution in [2.75, 3.05) is 0 Å². The Bertz CT molecular complexity index is 906. The van der Waals surface area contributed by atoms with Crippen LogP contribution in [0.5, 0.6) is 11.5 Å². The maximum Gasteiger partial charge on any atom is 0.155 e. The Hall–Kier alpha value is -3.01. The summed E-state index contributed by atoms with van der Waals surface area (Å²) in [5.74, 6) is 1.51. The molecule has 0 saturated carbocycles. The topological polar surface area (TPSA) is 46.8 Å². The van der Waals surface area contributed by atoms with E-state index in [1.54, 1.807) is 24.4 Å². The van der Waals surface area contributed by atoms with Crippen molar-refractivity contribution in [2.45, 2.75) is 0 Å². The van der Waals surface area contributed by atoms with E-state index < -0.39 is 0 Å². The molecular weight excluding hydrogens is 264 g/mol. The molecule has 21 heavy (non-hydrogen) atoms. The molecule has 0 saturated heterocycles. The number of hydrogen-bond acceptors (Lipinski definition) is 3. The Morgan fingerprint density at radius 3 is 3.05 bits per heavy atom. The molecule has 0 spiro atoms. The molecule has 1 aliphatic heterocycles.